The zero-order valence-electron chi connectivity index (χ0n) is 12.6. The number of benzene rings is 1. The minimum Gasteiger partial charge on any atom is -0.355 e. The molecule has 0 saturated carbocycles. The maximum Gasteiger partial charge on any atom is 0.255 e. The van der Waals surface area contributed by atoms with Gasteiger partial charge in [0.2, 0.25) is 5.91 Å². The van der Waals surface area contributed by atoms with Gasteiger partial charge in [0.25, 0.3) is 5.91 Å². The first-order valence-corrected chi connectivity index (χ1v) is 8.42. The Morgan fingerprint density at radius 1 is 1.43 bits per heavy atom. The lowest BCUT2D eigenvalue weighted by Gasteiger charge is -2.32. The van der Waals surface area contributed by atoms with Gasteiger partial charge in [-0.15, -0.1) is 12.4 Å². The fraction of sp³-hybridized carbons (Fsp3) is 0.467. The van der Waals surface area contributed by atoms with Crippen LogP contribution in [0.2, 0.25) is 5.02 Å². The SMILES string of the molecule is Cl.NCCNC(=O)C1CCCN(C(=O)c2ccc(Cl)cc2Br)C1. The number of likely N-dealkylation sites (tertiary alicyclic amines) is 1. The number of nitrogens with two attached hydrogens (primary N) is 1. The molecule has 1 aliphatic heterocycles. The Kier molecular flexibility index (Phi) is 8.33. The number of nitrogens with one attached hydrogen (secondary N) is 1. The summed E-state index contributed by atoms with van der Waals surface area (Å²) in [7, 11) is 0. The lowest BCUT2D eigenvalue weighted by atomic mass is 9.96. The number of rotatable bonds is 4. The molecule has 3 N–H and O–H groups in total. The molecule has 1 aromatic carbocycles. The first-order valence-electron chi connectivity index (χ1n) is 7.25. The number of hydrogen-bond donors (Lipinski definition) is 2. The van der Waals surface area contributed by atoms with E-state index in [0.717, 1.165) is 12.8 Å². The third-order valence-corrected chi connectivity index (χ3v) is 4.58. The van der Waals surface area contributed by atoms with Crippen LogP contribution in [0.15, 0.2) is 22.7 Å². The molecule has 1 atom stereocenters. The molecule has 8 heteroatoms. The van der Waals surface area contributed by atoms with Crippen molar-refractivity contribution in [1.29, 1.82) is 0 Å². The van der Waals surface area contributed by atoms with Crippen LogP contribution in [0.4, 0.5) is 0 Å². The molecular formula is C15H20BrCl2N3O2. The van der Waals surface area contributed by atoms with Gasteiger partial charge in [0, 0.05) is 35.7 Å². The maximum absolute atomic E-state index is 12.6. The van der Waals surface area contributed by atoms with E-state index >= 15 is 0 Å². The predicted octanol–water partition coefficient (Wildman–Crippen LogP) is 2.45. The molecule has 1 aromatic rings. The van der Waals surface area contributed by atoms with E-state index in [-0.39, 0.29) is 30.1 Å². The average molecular weight is 425 g/mol. The van der Waals surface area contributed by atoms with Crippen molar-refractivity contribution in [2.45, 2.75) is 12.8 Å². The first kappa shape index (κ1) is 20.2. The molecule has 0 bridgehead atoms. The maximum atomic E-state index is 12.6. The summed E-state index contributed by atoms with van der Waals surface area (Å²) in [6.07, 6.45) is 1.61. The summed E-state index contributed by atoms with van der Waals surface area (Å²) in [5.74, 6) is -0.284. The van der Waals surface area contributed by atoms with Crippen molar-refractivity contribution in [2.24, 2.45) is 11.7 Å². The number of carbonyl (C=O) groups is 2. The van der Waals surface area contributed by atoms with Gasteiger partial charge in [-0.05, 0) is 47.0 Å². The van der Waals surface area contributed by atoms with Crippen LogP contribution in [0.5, 0.6) is 0 Å². The van der Waals surface area contributed by atoms with E-state index in [0.29, 0.717) is 41.2 Å². The summed E-state index contributed by atoms with van der Waals surface area (Å²) in [6.45, 7) is 1.98. The van der Waals surface area contributed by atoms with Gasteiger partial charge in [0.1, 0.15) is 0 Å². The Morgan fingerprint density at radius 3 is 2.83 bits per heavy atom. The Balaban J connectivity index is 0.00000264. The summed E-state index contributed by atoms with van der Waals surface area (Å²) >= 11 is 9.27. The molecule has 5 nitrogen and oxygen atoms in total. The zero-order chi connectivity index (χ0) is 16.1. The van der Waals surface area contributed by atoms with Gasteiger partial charge in [0.05, 0.1) is 11.5 Å². The predicted molar refractivity (Wildman–Crippen MR) is 97.1 cm³/mol. The van der Waals surface area contributed by atoms with E-state index in [1.54, 1.807) is 23.1 Å². The fourth-order valence-electron chi connectivity index (χ4n) is 2.55. The van der Waals surface area contributed by atoms with Gasteiger partial charge >= 0.3 is 0 Å². The van der Waals surface area contributed by atoms with Gasteiger partial charge in [-0.1, -0.05) is 11.6 Å². The summed E-state index contributed by atoms with van der Waals surface area (Å²) in [6, 6.07) is 5.09. The molecule has 1 saturated heterocycles. The highest BCUT2D eigenvalue weighted by Gasteiger charge is 2.29. The minimum atomic E-state index is -0.171. The largest absolute Gasteiger partial charge is 0.355 e. The van der Waals surface area contributed by atoms with E-state index in [2.05, 4.69) is 21.2 Å². The van der Waals surface area contributed by atoms with E-state index in [1.165, 1.54) is 0 Å². The van der Waals surface area contributed by atoms with Crippen LogP contribution < -0.4 is 11.1 Å². The van der Waals surface area contributed by atoms with Crippen molar-refractivity contribution in [2.75, 3.05) is 26.2 Å². The zero-order valence-corrected chi connectivity index (χ0v) is 15.7. The van der Waals surface area contributed by atoms with E-state index in [1.807, 2.05) is 0 Å². The van der Waals surface area contributed by atoms with Crippen LogP contribution in [0.3, 0.4) is 0 Å². The molecule has 1 heterocycles. The Labute approximate surface area is 155 Å². The van der Waals surface area contributed by atoms with Crippen LogP contribution in [0.1, 0.15) is 23.2 Å². The van der Waals surface area contributed by atoms with Crippen LogP contribution >= 0.6 is 39.9 Å². The molecule has 2 rings (SSSR count). The Morgan fingerprint density at radius 2 is 2.17 bits per heavy atom. The van der Waals surface area contributed by atoms with Crippen molar-refractivity contribution < 1.29 is 9.59 Å². The average Bonchev–Trinajstić information content (AvgIpc) is 2.52. The molecule has 1 fully saturated rings. The summed E-state index contributed by atoms with van der Waals surface area (Å²) in [5.41, 5.74) is 5.95. The molecule has 1 unspecified atom stereocenters. The minimum absolute atomic E-state index is 0. The quantitative estimate of drug-likeness (QED) is 0.779. The number of hydrogen-bond acceptors (Lipinski definition) is 3. The van der Waals surface area contributed by atoms with Crippen LogP contribution in [-0.2, 0) is 4.79 Å². The van der Waals surface area contributed by atoms with Gasteiger partial charge in [-0.25, -0.2) is 0 Å². The standard InChI is InChI=1S/C15H19BrClN3O2.ClH/c16-13-8-11(17)3-4-12(13)15(22)20-7-1-2-10(9-20)14(21)19-6-5-18;/h3-4,8,10H,1-2,5-7,9,18H2,(H,19,21);1H. The second-order valence-electron chi connectivity index (χ2n) is 5.29. The fourth-order valence-corrected chi connectivity index (χ4v) is 3.40. The second kappa shape index (κ2) is 9.47. The van der Waals surface area contributed by atoms with Gasteiger partial charge < -0.3 is 16.0 Å². The van der Waals surface area contributed by atoms with Gasteiger partial charge in [0.15, 0.2) is 0 Å². The van der Waals surface area contributed by atoms with E-state index < -0.39 is 0 Å². The third kappa shape index (κ3) is 5.35. The van der Waals surface area contributed by atoms with Crippen molar-refractivity contribution in [1.82, 2.24) is 10.2 Å². The number of piperidine rings is 1. The molecule has 0 aromatic heterocycles. The summed E-state index contributed by atoms with van der Waals surface area (Å²) in [5, 5.41) is 3.36. The topological polar surface area (TPSA) is 75.4 Å². The molecule has 2 amide bonds. The molecule has 23 heavy (non-hydrogen) atoms. The molecule has 0 spiro atoms. The molecular weight excluding hydrogens is 405 g/mol. The third-order valence-electron chi connectivity index (χ3n) is 3.68. The lowest BCUT2D eigenvalue weighted by Crippen LogP contribution is -2.46. The highest BCUT2D eigenvalue weighted by molar-refractivity contribution is 9.10. The molecule has 1 aliphatic rings. The Bertz CT molecular complexity index is 572. The van der Waals surface area contributed by atoms with E-state index in [4.69, 9.17) is 17.3 Å². The van der Waals surface area contributed by atoms with Gasteiger partial charge in [-0.2, -0.15) is 0 Å². The number of halogens is 3. The molecule has 128 valence electrons. The van der Waals surface area contributed by atoms with Crippen molar-refractivity contribution in [3.05, 3.63) is 33.3 Å². The van der Waals surface area contributed by atoms with Crippen molar-refractivity contribution >= 4 is 51.8 Å². The Hall–Kier alpha value is -0.820. The monoisotopic (exact) mass is 423 g/mol. The second-order valence-corrected chi connectivity index (χ2v) is 6.58. The van der Waals surface area contributed by atoms with E-state index in [9.17, 15) is 9.59 Å². The van der Waals surface area contributed by atoms with Gasteiger partial charge in [-0.3, -0.25) is 9.59 Å². The van der Waals surface area contributed by atoms with Crippen LogP contribution in [-0.4, -0.2) is 42.9 Å². The number of carbonyl (C=O) groups excluding carboxylic acids is 2. The number of amides is 2. The smallest absolute Gasteiger partial charge is 0.255 e. The summed E-state index contributed by atoms with van der Waals surface area (Å²) in [4.78, 5) is 26.4. The molecule has 0 aliphatic carbocycles. The summed E-state index contributed by atoms with van der Waals surface area (Å²) < 4.78 is 0.666. The highest BCUT2D eigenvalue weighted by Crippen LogP contribution is 2.25. The van der Waals surface area contributed by atoms with Crippen LogP contribution in [0, 0.1) is 5.92 Å². The number of nitrogens with zero attached hydrogens (tertiary/aromatic N) is 1. The van der Waals surface area contributed by atoms with Crippen molar-refractivity contribution in [3.8, 4) is 0 Å². The van der Waals surface area contributed by atoms with Crippen molar-refractivity contribution in [3.63, 3.8) is 0 Å². The normalized spacial score (nSPS) is 17.3. The van der Waals surface area contributed by atoms with Crippen LogP contribution in [0.25, 0.3) is 0 Å². The lowest BCUT2D eigenvalue weighted by molar-refractivity contribution is -0.126. The first-order chi connectivity index (χ1) is 10.5. The highest BCUT2D eigenvalue weighted by atomic mass is 79.9. The molecule has 0 radical (unpaired) electrons.